The fourth-order valence-electron chi connectivity index (χ4n) is 3.09. The van der Waals surface area contributed by atoms with Crippen LogP contribution < -0.4 is 10.1 Å². The summed E-state index contributed by atoms with van der Waals surface area (Å²) in [6, 6.07) is 3.94. The molecule has 0 radical (unpaired) electrons. The summed E-state index contributed by atoms with van der Waals surface area (Å²) in [5, 5.41) is 60.6. The molecule has 1 fully saturated rings. The molecule has 1 amide bonds. The Morgan fingerprint density at radius 3 is 2.56 bits per heavy atom. The maximum atomic E-state index is 12.0. The molecule has 1 saturated heterocycles. The van der Waals surface area contributed by atoms with Crippen molar-refractivity contribution >= 4 is 17.6 Å². The average Bonchev–Trinajstić information content (AvgIpc) is 2.85. The van der Waals surface area contributed by atoms with E-state index >= 15 is 0 Å². The van der Waals surface area contributed by atoms with E-state index in [9.17, 15) is 35.1 Å². The second-order valence-corrected chi connectivity index (χ2v) is 6.41. The monoisotopic (exact) mass is 385 g/mol. The zero-order valence-corrected chi connectivity index (χ0v) is 13.8. The molecule has 0 bridgehead atoms. The lowest BCUT2D eigenvalue weighted by Gasteiger charge is -2.39. The van der Waals surface area contributed by atoms with E-state index in [-0.39, 0.29) is 17.0 Å². The van der Waals surface area contributed by atoms with Gasteiger partial charge < -0.3 is 45.4 Å². The van der Waals surface area contributed by atoms with Gasteiger partial charge in [0.2, 0.25) is 6.29 Å². The minimum atomic E-state index is -2.30. The van der Waals surface area contributed by atoms with Crippen molar-refractivity contribution in [3.63, 3.8) is 0 Å². The van der Waals surface area contributed by atoms with Crippen LogP contribution in [0.2, 0.25) is 0 Å². The number of anilines is 1. The van der Waals surface area contributed by atoms with Crippen LogP contribution in [-0.2, 0) is 19.9 Å². The molecule has 148 valence electrons. The number of carboxylic acids is 1. The molecule has 11 heteroatoms. The number of nitrogens with one attached hydrogen (secondary N) is 1. The standard InChI is InChI=1S/C16H19NO10/c18-5-9-11(21)12(22)13(23)14(27-9)26-6-1-2-8-7(3-6)16(25,4-10(19)20)15(24)17-8/h1-3,9,11-14,18,21-23,25H,4-5H2,(H,17,24)(H,19,20)/t9-,11-,12+,13-,14-,16-/m1/s1. The van der Waals surface area contributed by atoms with E-state index in [0.29, 0.717) is 0 Å². The molecule has 0 unspecified atom stereocenters. The quantitative estimate of drug-likeness (QED) is 0.285. The number of carbonyl (C=O) groups is 2. The van der Waals surface area contributed by atoms with E-state index in [1.165, 1.54) is 18.2 Å². The van der Waals surface area contributed by atoms with E-state index in [1.807, 2.05) is 0 Å². The summed E-state index contributed by atoms with van der Waals surface area (Å²) >= 11 is 0. The lowest BCUT2D eigenvalue weighted by Crippen LogP contribution is -2.60. The number of aliphatic hydroxyl groups excluding tert-OH is 4. The Bertz CT molecular complexity index is 753. The van der Waals surface area contributed by atoms with Gasteiger partial charge in [-0.15, -0.1) is 0 Å². The number of carbonyl (C=O) groups excluding carboxylic acids is 1. The van der Waals surface area contributed by atoms with Crippen molar-refractivity contribution < 1.29 is 49.7 Å². The van der Waals surface area contributed by atoms with Crippen LogP contribution in [0.15, 0.2) is 18.2 Å². The smallest absolute Gasteiger partial charge is 0.307 e. The first-order chi connectivity index (χ1) is 12.7. The van der Waals surface area contributed by atoms with Crippen molar-refractivity contribution in [2.24, 2.45) is 0 Å². The molecule has 0 aliphatic carbocycles. The highest BCUT2D eigenvalue weighted by atomic mass is 16.7. The predicted octanol–water partition coefficient (Wildman–Crippen LogP) is -2.52. The number of benzene rings is 1. The Balaban J connectivity index is 1.86. The molecular formula is C16H19NO10. The van der Waals surface area contributed by atoms with Crippen LogP contribution in [0.25, 0.3) is 0 Å². The third kappa shape index (κ3) is 3.36. The largest absolute Gasteiger partial charge is 0.481 e. The van der Waals surface area contributed by atoms with Gasteiger partial charge >= 0.3 is 5.97 Å². The first-order valence-corrected chi connectivity index (χ1v) is 8.04. The van der Waals surface area contributed by atoms with Gasteiger partial charge in [-0.3, -0.25) is 9.59 Å². The minimum Gasteiger partial charge on any atom is -0.481 e. The van der Waals surface area contributed by atoms with Crippen LogP contribution in [-0.4, -0.2) is 79.8 Å². The van der Waals surface area contributed by atoms with Crippen molar-refractivity contribution in [1.29, 1.82) is 0 Å². The third-order valence-electron chi connectivity index (χ3n) is 4.57. The van der Waals surface area contributed by atoms with Crippen molar-refractivity contribution in [1.82, 2.24) is 0 Å². The number of rotatable bonds is 5. The Hall–Kier alpha value is -2.28. The number of ether oxygens (including phenoxy) is 2. The lowest BCUT2D eigenvalue weighted by atomic mass is 9.92. The molecule has 7 N–H and O–H groups in total. The molecule has 27 heavy (non-hydrogen) atoms. The van der Waals surface area contributed by atoms with Crippen molar-refractivity contribution in [2.45, 2.75) is 42.7 Å². The Kier molecular flexibility index (Phi) is 5.08. The van der Waals surface area contributed by atoms with E-state index in [2.05, 4.69) is 5.32 Å². The van der Waals surface area contributed by atoms with Crippen molar-refractivity contribution in [3.8, 4) is 5.75 Å². The number of carboxylic acid groups (broad SMARTS) is 1. The molecule has 11 nitrogen and oxygen atoms in total. The van der Waals surface area contributed by atoms with Gasteiger partial charge in [-0.05, 0) is 18.2 Å². The maximum absolute atomic E-state index is 12.0. The number of amides is 1. The summed E-state index contributed by atoms with van der Waals surface area (Å²) in [5.74, 6) is -2.29. The lowest BCUT2D eigenvalue weighted by molar-refractivity contribution is -0.277. The predicted molar refractivity (Wildman–Crippen MR) is 85.6 cm³/mol. The highest BCUT2D eigenvalue weighted by Gasteiger charge is 2.48. The molecule has 6 atom stereocenters. The van der Waals surface area contributed by atoms with E-state index in [0.717, 1.165) is 0 Å². The maximum Gasteiger partial charge on any atom is 0.307 e. The fraction of sp³-hybridized carbons (Fsp3) is 0.500. The van der Waals surface area contributed by atoms with Gasteiger partial charge in [-0.2, -0.15) is 0 Å². The van der Waals surface area contributed by atoms with Crippen LogP contribution in [0.1, 0.15) is 12.0 Å². The van der Waals surface area contributed by atoms with E-state index < -0.39 is 61.2 Å². The molecular weight excluding hydrogens is 366 g/mol. The molecule has 2 heterocycles. The molecule has 3 rings (SSSR count). The van der Waals surface area contributed by atoms with Gasteiger partial charge in [0.15, 0.2) is 5.60 Å². The molecule has 0 saturated carbocycles. The highest BCUT2D eigenvalue weighted by molar-refractivity contribution is 6.06. The van der Waals surface area contributed by atoms with E-state index in [4.69, 9.17) is 14.6 Å². The third-order valence-corrected chi connectivity index (χ3v) is 4.57. The number of hydrogen-bond acceptors (Lipinski definition) is 9. The van der Waals surface area contributed by atoms with Gasteiger partial charge in [0.05, 0.1) is 13.0 Å². The summed E-state index contributed by atoms with van der Waals surface area (Å²) < 4.78 is 10.6. The molecule has 0 aromatic heterocycles. The van der Waals surface area contributed by atoms with Crippen LogP contribution in [0.5, 0.6) is 5.75 Å². The van der Waals surface area contributed by atoms with Gasteiger partial charge in [0, 0.05) is 11.3 Å². The topological polar surface area (TPSA) is 186 Å². The Morgan fingerprint density at radius 1 is 1.22 bits per heavy atom. The van der Waals surface area contributed by atoms with Crippen molar-refractivity contribution in [3.05, 3.63) is 23.8 Å². The molecule has 0 spiro atoms. The van der Waals surface area contributed by atoms with Crippen LogP contribution in [0, 0.1) is 0 Å². The first-order valence-electron chi connectivity index (χ1n) is 8.04. The van der Waals surface area contributed by atoms with Crippen LogP contribution >= 0.6 is 0 Å². The zero-order chi connectivity index (χ0) is 19.9. The molecule has 2 aliphatic rings. The van der Waals surface area contributed by atoms with Gasteiger partial charge in [-0.25, -0.2) is 0 Å². The molecule has 1 aromatic carbocycles. The summed E-state index contributed by atoms with van der Waals surface area (Å²) in [7, 11) is 0. The number of hydrogen-bond donors (Lipinski definition) is 7. The van der Waals surface area contributed by atoms with Crippen LogP contribution in [0.3, 0.4) is 0 Å². The second-order valence-electron chi connectivity index (χ2n) is 6.41. The normalized spacial score (nSPS) is 35.4. The SMILES string of the molecule is O=C(O)C[C@]1(O)C(=O)Nc2ccc(O[C@@H]3O[C@H](CO)[C@@H](O)[C@H](O)[C@H]3O)cc21. The number of aliphatic hydroxyl groups is 5. The summed E-state index contributed by atoms with van der Waals surface area (Å²) in [4.78, 5) is 23.0. The van der Waals surface area contributed by atoms with Gasteiger partial charge in [0.1, 0.15) is 30.2 Å². The highest BCUT2D eigenvalue weighted by Crippen LogP contribution is 2.40. The average molecular weight is 385 g/mol. The van der Waals surface area contributed by atoms with E-state index in [1.54, 1.807) is 0 Å². The number of aliphatic carboxylic acids is 1. The summed E-state index contributed by atoms with van der Waals surface area (Å²) in [6.45, 7) is -0.633. The summed E-state index contributed by atoms with van der Waals surface area (Å²) in [5.41, 5.74) is -2.13. The van der Waals surface area contributed by atoms with Crippen LogP contribution in [0.4, 0.5) is 5.69 Å². The minimum absolute atomic E-state index is 0.00149. The Morgan fingerprint density at radius 2 is 1.93 bits per heavy atom. The Labute approximate surface area is 152 Å². The second kappa shape index (κ2) is 7.03. The summed E-state index contributed by atoms with van der Waals surface area (Å²) in [6.07, 6.45) is -8.33. The molecule has 1 aromatic rings. The van der Waals surface area contributed by atoms with Crippen molar-refractivity contribution in [2.75, 3.05) is 11.9 Å². The van der Waals surface area contributed by atoms with Gasteiger partial charge in [-0.1, -0.05) is 0 Å². The van der Waals surface area contributed by atoms with Gasteiger partial charge in [0.25, 0.3) is 5.91 Å². The molecule has 2 aliphatic heterocycles. The fourth-order valence-corrected chi connectivity index (χ4v) is 3.09. The first kappa shape index (κ1) is 19.5. The zero-order valence-electron chi connectivity index (χ0n) is 13.8. The number of fused-ring (bicyclic) bond motifs is 1.